The van der Waals surface area contributed by atoms with Gasteiger partial charge in [0, 0.05) is 5.41 Å². The number of hydrogen-bond donors (Lipinski definition) is 0. The minimum atomic E-state index is 0.0151. The summed E-state index contributed by atoms with van der Waals surface area (Å²) in [7, 11) is 0. The molecule has 0 bridgehead atoms. The molecule has 256 valence electrons. The van der Waals surface area contributed by atoms with Gasteiger partial charge < -0.3 is 0 Å². The topological polar surface area (TPSA) is 0 Å². The van der Waals surface area contributed by atoms with Crippen LogP contribution in [0.1, 0.15) is 72.2 Å². The Bertz CT molecular complexity index is 2280. The number of hydrogen-bond acceptors (Lipinski definition) is 0. The van der Waals surface area contributed by atoms with Gasteiger partial charge in [0.1, 0.15) is 0 Å². The summed E-state index contributed by atoms with van der Waals surface area (Å²) in [5.74, 6) is 0. The molecule has 0 heterocycles. The molecule has 0 saturated carbocycles. The smallest absolute Gasteiger partial charge is 0.0159 e. The van der Waals surface area contributed by atoms with Crippen molar-refractivity contribution in [3.63, 3.8) is 0 Å². The minimum absolute atomic E-state index is 0.0151. The van der Waals surface area contributed by atoms with E-state index < -0.39 is 0 Å². The molecule has 51 heavy (non-hydrogen) atoms. The summed E-state index contributed by atoms with van der Waals surface area (Å²) in [6, 6.07) is 53.2. The molecule has 0 aliphatic heterocycles. The molecule has 1 aliphatic carbocycles. The molecule has 0 radical (unpaired) electrons. The Morgan fingerprint density at radius 1 is 0.412 bits per heavy atom. The third kappa shape index (κ3) is 7.33. The van der Waals surface area contributed by atoms with Gasteiger partial charge in [-0.2, -0.15) is 0 Å². The van der Waals surface area contributed by atoms with Crippen molar-refractivity contribution in [3.05, 3.63) is 190 Å². The number of fused-ring (bicyclic) bond motifs is 5. The van der Waals surface area contributed by atoms with Crippen LogP contribution >= 0.6 is 0 Å². The Hall–Kier alpha value is -5.20. The lowest BCUT2D eigenvalue weighted by Crippen LogP contribution is -2.15. The van der Waals surface area contributed by atoms with Crippen molar-refractivity contribution < 1.29 is 0 Å². The Morgan fingerprint density at radius 2 is 1.00 bits per heavy atom. The van der Waals surface area contributed by atoms with Crippen LogP contribution in [-0.4, -0.2) is 0 Å². The highest BCUT2D eigenvalue weighted by atomic mass is 14.4. The molecular formula is C51H52. The first kappa shape index (κ1) is 35.6. The van der Waals surface area contributed by atoms with Crippen LogP contribution in [0.4, 0.5) is 0 Å². The SMILES string of the molecule is CC.Cc1cccc(-c2ccccc2)c1.Cc1ccccc1-c1ccc(CCc2ccc3c(c2)C(C)(C)c2cc(C)c4ccccc4c2-3)cc1C. The Balaban J connectivity index is 0.000000250. The summed E-state index contributed by atoms with van der Waals surface area (Å²) >= 11 is 0. The second-order valence-corrected chi connectivity index (χ2v) is 14.4. The van der Waals surface area contributed by atoms with E-state index in [4.69, 9.17) is 0 Å². The first-order valence-corrected chi connectivity index (χ1v) is 18.6. The van der Waals surface area contributed by atoms with Gasteiger partial charge in [-0.25, -0.2) is 0 Å². The van der Waals surface area contributed by atoms with Crippen LogP contribution in [0, 0.1) is 27.7 Å². The molecule has 0 saturated heterocycles. The lowest BCUT2D eigenvalue weighted by Gasteiger charge is -2.23. The first-order chi connectivity index (χ1) is 24.7. The molecule has 7 aromatic carbocycles. The number of benzene rings is 7. The first-order valence-electron chi connectivity index (χ1n) is 18.6. The highest BCUT2D eigenvalue weighted by Gasteiger charge is 2.36. The zero-order chi connectivity index (χ0) is 36.1. The Kier molecular flexibility index (Phi) is 10.7. The van der Waals surface area contributed by atoms with Crippen molar-refractivity contribution in [2.24, 2.45) is 0 Å². The van der Waals surface area contributed by atoms with E-state index in [1.54, 1.807) is 0 Å². The van der Waals surface area contributed by atoms with E-state index in [0.29, 0.717) is 0 Å². The van der Waals surface area contributed by atoms with Crippen molar-refractivity contribution in [3.8, 4) is 33.4 Å². The Labute approximate surface area is 306 Å². The van der Waals surface area contributed by atoms with Gasteiger partial charge in [0.25, 0.3) is 0 Å². The van der Waals surface area contributed by atoms with Gasteiger partial charge in [0.15, 0.2) is 0 Å². The van der Waals surface area contributed by atoms with Crippen LogP contribution in [0.15, 0.2) is 146 Å². The zero-order valence-electron chi connectivity index (χ0n) is 31.8. The molecule has 0 aromatic heterocycles. The third-order valence-corrected chi connectivity index (χ3v) is 10.5. The Morgan fingerprint density at radius 3 is 1.69 bits per heavy atom. The second kappa shape index (κ2) is 15.4. The van der Waals surface area contributed by atoms with Gasteiger partial charge >= 0.3 is 0 Å². The van der Waals surface area contributed by atoms with E-state index in [2.05, 4.69) is 181 Å². The molecule has 0 heteroatoms. The molecule has 0 spiro atoms. The van der Waals surface area contributed by atoms with E-state index in [1.807, 2.05) is 19.9 Å². The highest BCUT2D eigenvalue weighted by molar-refractivity contribution is 6.03. The maximum Gasteiger partial charge on any atom is 0.0159 e. The maximum atomic E-state index is 2.48. The number of rotatable bonds is 5. The molecule has 0 fully saturated rings. The number of aryl methyl sites for hydroxylation is 6. The predicted molar refractivity (Wildman–Crippen MR) is 223 cm³/mol. The van der Waals surface area contributed by atoms with Gasteiger partial charge in [-0.3, -0.25) is 0 Å². The standard InChI is InChI=1S/C36H34.C13H12.C2H6/c1-23-10-6-7-11-28(23)30-18-16-26(20-24(30)2)14-15-27-17-19-32-33(22-27)36(4,5)34-21-25(3)29-12-8-9-13-31(29)35(32)34;1-11-6-5-9-13(10-11)12-7-3-2-4-8-12;1-2/h6-13,16-22H,14-15H2,1-5H3;2-10H,1H3;1-2H3. The van der Waals surface area contributed by atoms with Crippen molar-refractivity contribution in [2.75, 3.05) is 0 Å². The van der Waals surface area contributed by atoms with E-state index >= 15 is 0 Å². The summed E-state index contributed by atoms with van der Waals surface area (Å²) in [5, 5.41) is 2.75. The zero-order valence-corrected chi connectivity index (χ0v) is 31.8. The van der Waals surface area contributed by atoms with E-state index in [1.165, 1.54) is 88.7 Å². The average Bonchev–Trinajstić information content (AvgIpc) is 3.38. The van der Waals surface area contributed by atoms with Crippen LogP contribution in [0.3, 0.4) is 0 Å². The molecule has 0 atom stereocenters. The molecule has 7 aromatic rings. The van der Waals surface area contributed by atoms with Gasteiger partial charge in [-0.05, 0) is 124 Å². The molecule has 0 unspecified atom stereocenters. The molecule has 0 N–H and O–H groups in total. The predicted octanol–water partition coefficient (Wildman–Crippen LogP) is 14.2. The fourth-order valence-electron chi connectivity index (χ4n) is 7.77. The summed E-state index contributed by atoms with van der Waals surface area (Å²) < 4.78 is 0. The summed E-state index contributed by atoms with van der Waals surface area (Å²) in [4.78, 5) is 0. The van der Waals surface area contributed by atoms with Crippen molar-refractivity contribution in [1.29, 1.82) is 0 Å². The highest BCUT2D eigenvalue weighted by Crippen LogP contribution is 2.52. The quantitative estimate of drug-likeness (QED) is 0.172. The molecule has 0 nitrogen and oxygen atoms in total. The largest absolute Gasteiger partial charge is 0.0683 e. The van der Waals surface area contributed by atoms with Gasteiger partial charge in [-0.15, -0.1) is 0 Å². The van der Waals surface area contributed by atoms with Crippen LogP contribution in [0.2, 0.25) is 0 Å². The summed E-state index contributed by atoms with van der Waals surface area (Å²) in [6.07, 6.45) is 2.12. The van der Waals surface area contributed by atoms with Crippen molar-refractivity contribution in [2.45, 2.75) is 73.6 Å². The van der Waals surface area contributed by atoms with Crippen LogP contribution in [0.5, 0.6) is 0 Å². The van der Waals surface area contributed by atoms with Gasteiger partial charge in [0.2, 0.25) is 0 Å². The second-order valence-electron chi connectivity index (χ2n) is 14.4. The third-order valence-electron chi connectivity index (χ3n) is 10.5. The van der Waals surface area contributed by atoms with Crippen LogP contribution in [-0.2, 0) is 18.3 Å². The monoisotopic (exact) mass is 664 g/mol. The van der Waals surface area contributed by atoms with Gasteiger partial charge in [-0.1, -0.05) is 179 Å². The minimum Gasteiger partial charge on any atom is -0.0683 e. The molecule has 1 aliphatic rings. The fourth-order valence-corrected chi connectivity index (χ4v) is 7.77. The normalized spacial score (nSPS) is 12.2. The van der Waals surface area contributed by atoms with Crippen molar-refractivity contribution in [1.82, 2.24) is 0 Å². The summed E-state index contributed by atoms with van der Waals surface area (Å²) in [5.41, 5.74) is 19.3. The van der Waals surface area contributed by atoms with Crippen LogP contribution < -0.4 is 0 Å². The van der Waals surface area contributed by atoms with E-state index in [0.717, 1.165) is 12.8 Å². The van der Waals surface area contributed by atoms with Gasteiger partial charge in [0.05, 0.1) is 0 Å². The fraction of sp³-hybridized carbons (Fsp3) is 0.216. The lowest BCUT2D eigenvalue weighted by molar-refractivity contribution is 0.659. The van der Waals surface area contributed by atoms with Crippen molar-refractivity contribution >= 4 is 10.8 Å². The molecular weight excluding hydrogens is 613 g/mol. The lowest BCUT2D eigenvalue weighted by atomic mass is 9.80. The summed E-state index contributed by atoms with van der Waals surface area (Å²) in [6.45, 7) is 17.6. The van der Waals surface area contributed by atoms with E-state index in [-0.39, 0.29) is 5.41 Å². The van der Waals surface area contributed by atoms with Crippen LogP contribution in [0.25, 0.3) is 44.2 Å². The molecule has 8 rings (SSSR count). The average molecular weight is 665 g/mol. The van der Waals surface area contributed by atoms with E-state index in [9.17, 15) is 0 Å². The maximum absolute atomic E-state index is 2.48. The molecule has 0 amide bonds.